The number of hydrogen-bond acceptors (Lipinski definition) is 3. The molecule has 0 spiro atoms. The van der Waals surface area contributed by atoms with E-state index >= 15 is 0 Å². The van der Waals surface area contributed by atoms with Gasteiger partial charge in [-0.25, -0.2) is 13.1 Å². The lowest BCUT2D eigenvalue weighted by molar-refractivity contribution is 0.471. The molecule has 0 unspecified atom stereocenters. The highest BCUT2D eigenvalue weighted by Crippen LogP contribution is 2.45. The first-order valence-corrected chi connectivity index (χ1v) is 8.90. The normalized spacial score (nSPS) is 19.5. The van der Waals surface area contributed by atoms with Crippen molar-refractivity contribution < 1.29 is 8.42 Å². The van der Waals surface area contributed by atoms with Gasteiger partial charge >= 0.3 is 0 Å². The lowest BCUT2D eigenvalue weighted by Crippen LogP contribution is -2.38. The highest BCUT2D eigenvalue weighted by atomic mass is 32.2. The third-order valence-corrected chi connectivity index (χ3v) is 5.85. The molecule has 3 N–H and O–H groups in total. The minimum Gasteiger partial charge on any atom is -0.399 e. The SMILES string of the molecule is CCc1ccc(N)cc1S(=O)(=O)NC(C1CC1)C1CC1. The Hall–Kier alpha value is -1.07. The summed E-state index contributed by atoms with van der Waals surface area (Å²) in [6, 6.07) is 5.29. The van der Waals surface area contributed by atoms with Crippen LogP contribution < -0.4 is 10.5 Å². The van der Waals surface area contributed by atoms with E-state index in [0.29, 0.717) is 28.8 Å². The van der Waals surface area contributed by atoms with Gasteiger partial charge in [0.1, 0.15) is 0 Å². The average molecular weight is 294 g/mol. The van der Waals surface area contributed by atoms with Crippen molar-refractivity contribution in [2.45, 2.75) is 50.0 Å². The molecule has 0 aromatic heterocycles. The summed E-state index contributed by atoms with van der Waals surface area (Å²) in [5.41, 5.74) is 7.09. The van der Waals surface area contributed by atoms with Crippen LogP contribution in [-0.4, -0.2) is 14.5 Å². The van der Waals surface area contributed by atoms with Crippen molar-refractivity contribution >= 4 is 15.7 Å². The first-order valence-electron chi connectivity index (χ1n) is 7.42. The summed E-state index contributed by atoms with van der Waals surface area (Å²) in [6.45, 7) is 1.96. The van der Waals surface area contributed by atoms with Crippen molar-refractivity contribution in [3.63, 3.8) is 0 Å². The van der Waals surface area contributed by atoms with Gasteiger partial charge in [0.25, 0.3) is 0 Å². The second-order valence-electron chi connectivity index (χ2n) is 6.04. The predicted octanol–water partition coefficient (Wildman–Crippen LogP) is 2.30. The minimum absolute atomic E-state index is 0.131. The summed E-state index contributed by atoms with van der Waals surface area (Å²) in [4.78, 5) is 0.353. The number of nitrogen functional groups attached to an aromatic ring is 1. The van der Waals surface area contributed by atoms with Crippen LogP contribution in [0.15, 0.2) is 23.1 Å². The maximum Gasteiger partial charge on any atom is 0.241 e. The van der Waals surface area contributed by atoms with E-state index in [9.17, 15) is 8.42 Å². The summed E-state index contributed by atoms with van der Waals surface area (Å²) in [5.74, 6) is 1.09. The van der Waals surface area contributed by atoms with E-state index in [1.165, 1.54) is 0 Å². The maximum absolute atomic E-state index is 12.7. The van der Waals surface area contributed by atoms with E-state index in [-0.39, 0.29) is 6.04 Å². The fraction of sp³-hybridized carbons (Fsp3) is 0.600. The van der Waals surface area contributed by atoms with Gasteiger partial charge in [-0.1, -0.05) is 13.0 Å². The summed E-state index contributed by atoms with van der Waals surface area (Å²) in [6.07, 6.45) is 5.30. The molecule has 3 rings (SSSR count). The van der Waals surface area contributed by atoms with Crippen molar-refractivity contribution in [1.29, 1.82) is 0 Å². The van der Waals surface area contributed by atoms with Crippen LogP contribution in [0.3, 0.4) is 0 Å². The molecule has 0 saturated heterocycles. The molecule has 2 aliphatic carbocycles. The van der Waals surface area contributed by atoms with Crippen molar-refractivity contribution in [1.82, 2.24) is 4.72 Å². The quantitative estimate of drug-likeness (QED) is 0.791. The van der Waals surface area contributed by atoms with Gasteiger partial charge in [0, 0.05) is 11.7 Å². The molecule has 1 aromatic carbocycles. The van der Waals surface area contributed by atoms with E-state index in [1.54, 1.807) is 12.1 Å². The number of benzene rings is 1. The van der Waals surface area contributed by atoms with E-state index in [2.05, 4.69) is 4.72 Å². The highest BCUT2D eigenvalue weighted by molar-refractivity contribution is 7.89. The van der Waals surface area contributed by atoms with Crippen LogP contribution >= 0.6 is 0 Å². The summed E-state index contributed by atoms with van der Waals surface area (Å²) in [7, 11) is -3.46. The zero-order valence-electron chi connectivity index (χ0n) is 11.8. The zero-order valence-corrected chi connectivity index (χ0v) is 12.6. The van der Waals surface area contributed by atoms with Crippen LogP contribution in [0.25, 0.3) is 0 Å². The van der Waals surface area contributed by atoms with Gasteiger partial charge in [-0.15, -0.1) is 0 Å². The number of nitrogens with two attached hydrogens (primary N) is 1. The molecule has 4 nitrogen and oxygen atoms in total. The van der Waals surface area contributed by atoms with E-state index < -0.39 is 10.0 Å². The first kappa shape index (κ1) is 13.9. The van der Waals surface area contributed by atoms with Gasteiger partial charge < -0.3 is 5.73 Å². The Labute approximate surface area is 120 Å². The topological polar surface area (TPSA) is 72.2 Å². The summed E-state index contributed by atoms with van der Waals surface area (Å²) in [5, 5.41) is 0. The Balaban J connectivity index is 1.88. The number of sulfonamides is 1. The van der Waals surface area contributed by atoms with Crippen molar-refractivity contribution in [3.8, 4) is 0 Å². The van der Waals surface area contributed by atoms with Gasteiger partial charge in [0.2, 0.25) is 10.0 Å². The van der Waals surface area contributed by atoms with E-state index in [1.807, 2.05) is 13.0 Å². The van der Waals surface area contributed by atoms with E-state index in [4.69, 9.17) is 5.73 Å². The molecule has 2 aliphatic rings. The molecule has 110 valence electrons. The Kier molecular flexibility index (Phi) is 3.50. The summed E-state index contributed by atoms with van der Waals surface area (Å²) < 4.78 is 28.3. The molecule has 2 saturated carbocycles. The van der Waals surface area contributed by atoms with Gasteiger partial charge in [-0.05, 0) is 61.6 Å². The van der Waals surface area contributed by atoms with Gasteiger partial charge in [-0.2, -0.15) is 0 Å². The lowest BCUT2D eigenvalue weighted by atomic mass is 10.1. The summed E-state index contributed by atoms with van der Waals surface area (Å²) >= 11 is 0. The predicted molar refractivity (Wildman–Crippen MR) is 79.8 cm³/mol. The van der Waals surface area contributed by atoms with Crippen molar-refractivity contribution in [2.75, 3.05) is 5.73 Å². The monoisotopic (exact) mass is 294 g/mol. The van der Waals surface area contributed by atoms with Crippen LogP contribution in [0.4, 0.5) is 5.69 Å². The molecule has 0 bridgehead atoms. The number of hydrogen-bond donors (Lipinski definition) is 2. The molecule has 0 atom stereocenters. The molecule has 5 heteroatoms. The minimum atomic E-state index is -3.46. The molecule has 0 radical (unpaired) electrons. The van der Waals surface area contributed by atoms with Crippen molar-refractivity contribution in [2.24, 2.45) is 11.8 Å². The second kappa shape index (κ2) is 5.04. The smallest absolute Gasteiger partial charge is 0.241 e. The molecular formula is C15H22N2O2S. The zero-order chi connectivity index (χ0) is 14.3. The van der Waals surface area contributed by atoms with Crippen LogP contribution in [0.2, 0.25) is 0 Å². The van der Waals surface area contributed by atoms with Gasteiger partial charge in [0.15, 0.2) is 0 Å². The Bertz CT molecular complexity index is 592. The highest BCUT2D eigenvalue weighted by Gasteiger charge is 2.43. The second-order valence-corrected chi connectivity index (χ2v) is 7.73. The van der Waals surface area contributed by atoms with Gasteiger partial charge in [0.05, 0.1) is 4.90 Å². The molecular weight excluding hydrogens is 272 g/mol. The Morgan fingerprint density at radius 1 is 1.25 bits per heavy atom. The third-order valence-electron chi connectivity index (χ3n) is 4.31. The van der Waals surface area contributed by atoms with Crippen LogP contribution in [0.5, 0.6) is 0 Å². The molecule has 20 heavy (non-hydrogen) atoms. The third kappa shape index (κ3) is 2.83. The molecule has 1 aromatic rings. The van der Waals surface area contributed by atoms with Crippen LogP contribution in [0, 0.1) is 11.8 Å². The number of aryl methyl sites for hydroxylation is 1. The fourth-order valence-corrected chi connectivity index (χ4v) is 4.56. The number of anilines is 1. The average Bonchev–Trinajstić information content (AvgIpc) is 3.29. The largest absolute Gasteiger partial charge is 0.399 e. The Morgan fingerprint density at radius 2 is 1.85 bits per heavy atom. The number of nitrogens with one attached hydrogen (secondary N) is 1. The molecule has 0 amide bonds. The molecule has 0 aliphatic heterocycles. The standard InChI is InChI=1S/C15H22N2O2S/c1-2-10-7-8-13(16)9-14(10)20(18,19)17-15(11-3-4-11)12-5-6-12/h7-9,11-12,15,17H,2-6,16H2,1H3. The fourth-order valence-electron chi connectivity index (χ4n) is 2.84. The maximum atomic E-state index is 12.7. The van der Waals surface area contributed by atoms with Gasteiger partial charge in [-0.3, -0.25) is 0 Å². The van der Waals surface area contributed by atoms with Crippen LogP contribution in [0.1, 0.15) is 38.2 Å². The van der Waals surface area contributed by atoms with Crippen molar-refractivity contribution in [3.05, 3.63) is 23.8 Å². The molecule has 0 heterocycles. The van der Waals surface area contributed by atoms with Crippen LogP contribution in [-0.2, 0) is 16.4 Å². The Morgan fingerprint density at radius 3 is 2.35 bits per heavy atom. The van der Waals surface area contributed by atoms with E-state index in [0.717, 1.165) is 31.2 Å². The lowest BCUT2D eigenvalue weighted by Gasteiger charge is -2.19. The first-order chi connectivity index (χ1) is 9.51. The number of rotatable bonds is 6. The molecule has 2 fully saturated rings.